The monoisotopic (exact) mass is 234 g/mol. The molecule has 0 aliphatic heterocycles. The summed E-state index contributed by atoms with van der Waals surface area (Å²) in [6.45, 7) is 2.54. The number of hydrogen-bond donors (Lipinski definition) is 0. The third-order valence-electron chi connectivity index (χ3n) is 4.49. The molecule has 2 bridgehead atoms. The van der Waals surface area contributed by atoms with E-state index in [-0.39, 0.29) is 5.82 Å². The Kier molecular flexibility index (Phi) is 2.81. The molecule has 1 nitrogen and oxygen atoms in total. The quantitative estimate of drug-likeness (QED) is 0.769. The van der Waals surface area contributed by atoms with Crippen LogP contribution in [0.3, 0.4) is 0 Å². The maximum atomic E-state index is 13.3. The molecule has 0 amide bonds. The van der Waals surface area contributed by atoms with E-state index in [4.69, 9.17) is 4.74 Å². The van der Waals surface area contributed by atoms with Gasteiger partial charge in [0, 0.05) is 6.07 Å². The molecule has 2 heteroatoms. The molecule has 2 aliphatic carbocycles. The maximum Gasteiger partial charge on any atom is 0.129 e. The molecular weight excluding hydrogens is 215 g/mol. The van der Waals surface area contributed by atoms with E-state index < -0.39 is 0 Å². The molecule has 0 N–H and O–H groups in total. The van der Waals surface area contributed by atoms with Crippen molar-refractivity contribution in [1.82, 2.24) is 0 Å². The molecular formula is C15H19FO. The second kappa shape index (κ2) is 4.32. The fourth-order valence-corrected chi connectivity index (χ4v) is 3.45. The van der Waals surface area contributed by atoms with Gasteiger partial charge in [-0.15, -0.1) is 0 Å². The predicted molar refractivity (Wildman–Crippen MR) is 65.6 cm³/mol. The molecule has 3 atom stereocenters. The van der Waals surface area contributed by atoms with Crippen molar-refractivity contribution in [2.24, 2.45) is 17.8 Å². The summed E-state index contributed by atoms with van der Waals surface area (Å²) in [5.74, 6) is 3.03. The lowest BCUT2D eigenvalue weighted by Gasteiger charge is -2.21. The lowest BCUT2D eigenvalue weighted by atomic mass is 9.89. The van der Waals surface area contributed by atoms with Gasteiger partial charge in [-0.1, -0.05) is 12.5 Å². The molecule has 1 aromatic carbocycles. The molecule has 0 saturated heterocycles. The van der Waals surface area contributed by atoms with Gasteiger partial charge in [0.05, 0.1) is 6.61 Å². The third-order valence-corrected chi connectivity index (χ3v) is 4.49. The molecule has 1 aromatic rings. The molecule has 2 saturated carbocycles. The first-order valence-electron chi connectivity index (χ1n) is 6.61. The number of aryl methyl sites for hydroxylation is 1. The standard InChI is InChI=1S/C15H19FO/c1-10-2-5-14(8-15(10)16)17-9-13-7-11-3-4-12(13)6-11/h2,5,8,11-13H,3-4,6-7,9H2,1H3. The Labute approximate surface area is 102 Å². The van der Waals surface area contributed by atoms with Crippen molar-refractivity contribution >= 4 is 0 Å². The molecule has 0 spiro atoms. The van der Waals surface area contributed by atoms with E-state index in [1.165, 1.54) is 31.7 Å². The molecule has 92 valence electrons. The van der Waals surface area contributed by atoms with E-state index >= 15 is 0 Å². The van der Waals surface area contributed by atoms with Gasteiger partial charge in [-0.25, -0.2) is 4.39 Å². The van der Waals surface area contributed by atoms with Crippen molar-refractivity contribution in [3.63, 3.8) is 0 Å². The highest BCUT2D eigenvalue weighted by Gasteiger charge is 2.39. The Morgan fingerprint density at radius 3 is 2.82 bits per heavy atom. The van der Waals surface area contributed by atoms with Crippen LogP contribution in [-0.2, 0) is 0 Å². The predicted octanol–water partition coefficient (Wildman–Crippen LogP) is 3.95. The summed E-state index contributed by atoms with van der Waals surface area (Å²) in [6.07, 6.45) is 5.51. The number of fused-ring (bicyclic) bond motifs is 2. The summed E-state index contributed by atoms with van der Waals surface area (Å²) < 4.78 is 19.1. The van der Waals surface area contributed by atoms with E-state index in [9.17, 15) is 4.39 Å². The minimum absolute atomic E-state index is 0.171. The van der Waals surface area contributed by atoms with E-state index in [1.54, 1.807) is 13.0 Å². The highest BCUT2D eigenvalue weighted by molar-refractivity contribution is 5.28. The SMILES string of the molecule is Cc1ccc(OCC2CC3CCC2C3)cc1F. The Balaban J connectivity index is 1.59. The van der Waals surface area contributed by atoms with Gasteiger partial charge in [0.15, 0.2) is 0 Å². The number of hydrogen-bond acceptors (Lipinski definition) is 1. The molecule has 0 aromatic heterocycles. The molecule has 3 rings (SSSR count). The van der Waals surface area contributed by atoms with Crippen LogP contribution in [0.2, 0.25) is 0 Å². The summed E-state index contributed by atoms with van der Waals surface area (Å²) in [7, 11) is 0. The minimum atomic E-state index is -0.171. The number of benzene rings is 1. The van der Waals surface area contributed by atoms with Crippen LogP contribution >= 0.6 is 0 Å². The summed E-state index contributed by atoms with van der Waals surface area (Å²) in [5.41, 5.74) is 0.678. The van der Waals surface area contributed by atoms with Crippen LogP contribution in [0.4, 0.5) is 4.39 Å². The largest absolute Gasteiger partial charge is 0.493 e. The Morgan fingerprint density at radius 1 is 1.29 bits per heavy atom. The fraction of sp³-hybridized carbons (Fsp3) is 0.600. The van der Waals surface area contributed by atoms with Crippen molar-refractivity contribution in [3.05, 3.63) is 29.6 Å². The summed E-state index contributed by atoms with van der Waals surface area (Å²) in [5, 5.41) is 0. The molecule has 3 unspecified atom stereocenters. The van der Waals surface area contributed by atoms with Gasteiger partial charge in [0.25, 0.3) is 0 Å². The second-order valence-electron chi connectivity index (χ2n) is 5.66. The van der Waals surface area contributed by atoms with Gasteiger partial charge >= 0.3 is 0 Å². The highest BCUT2D eigenvalue weighted by Crippen LogP contribution is 2.48. The normalized spacial score (nSPS) is 30.8. The van der Waals surface area contributed by atoms with E-state index in [0.29, 0.717) is 17.2 Å². The van der Waals surface area contributed by atoms with Crippen molar-refractivity contribution in [1.29, 1.82) is 0 Å². The van der Waals surface area contributed by atoms with Crippen molar-refractivity contribution in [2.75, 3.05) is 6.61 Å². The summed E-state index contributed by atoms with van der Waals surface area (Å²) in [6, 6.07) is 5.15. The van der Waals surface area contributed by atoms with Crippen molar-refractivity contribution in [2.45, 2.75) is 32.6 Å². The van der Waals surface area contributed by atoms with Gasteiger partial charge in [-0.2, -0.15) is 0 Å². The Bertz CT molecular complexity index is 415. The maximum absolute atomic E-state index is 13.3. The fourth-order valence-electron chi connectivity index (χ4n) is 3.45. The van der Waals surface area contributed by atoms with Crippen molar-refractivity contribution < 1.29 is 9.13 Å². The van der Waals surface area contributed by atoms with E-state index in [2.05, 4.69) is 0 Å². The lowest BCUT2D eigenvalue weighted by Crippen LogP contribution is -2.18. The Hall–Kier alpha value is -1.05. The molecule has 17 heavy (non-hydrogen) atoms. The number of rotatable bonds is 3. The zero-order valence-electron chi connectivity index (χ0n) is 10.3. The van der Waals surface area contributed by atoms with Gasteiger partial charge < -0.3 is 4.74 Å². The van der Waals surface area contributed by atoms with Crippen LogP contribution in [0, 0.1) is 30.5 Å². The molecule has 0 heterocycles. The van der Waals surface area contributed by atoms with Crippen LogP contribution in [0.1, 0.15) is 31.2 Å². The van der Waals surface area contributed by atoms with E-state index in [0.717, 1.165) is 18.4 Å². The van der Waals surface area contributed by atoms with Crippen LogP contribution in [0.5, 0.6) is 5.75 Å². The lowest BCUT2D eigenvalue weighted by molar-refractivity contribution is 0.194. The number of ether oxygens (including phenoxy) is 1. The third kappa shape index (κ3) is 2.18. The smallest absolute Gasteiger partial charge is 0.129 e. The second-order valence-corrected chi connectivity index (χ2v) is 5.66. The zero-order valence-corrected chi connectivity index (χ0v) is 10.3. The number of halogens is 1. The van der Waals surface area contributed by atoms with Crippen molar-refractivity contribution in [3.8, 4) is 5.75 Å². The van der Waals surface area contributed by atoms with E-state index in [1.807, 2.05) is 6.07 Å². The summed E-state index contributed by atoms with van der Waals surface area (Å²) >= 11 is 0. The molecule has 2 fully saturated rings. The van der Waals surface area contributed by atoms with Gasteiger partial charge in [0.1, 0.15) is 11.6 Å². The minimum Gasteiger partial charge on any atom is -0.493 e. The van der Waals surface area contributed by atoms with Gasteiger partial charge in [0.2, 0.25) is 0 Å². The zero-order chi connectivity index (χ0) is 11.8. The van der Waals surface area contributed by atoms with Crippen LogP contribution in [0.15, 0.2) is 18.2 Å². The van der Waals surface area contributed by atoms with Crippen LogP contribution in [0.25, 0.3) is 0 Å². The highest BCUT2D eigenvalue weighted by atomic mass is 19.1. The first-order valence-corrected chi connectivity index (χ1v) is 6.61. The summed E-state index contributed by atoms with van der Waals surface area (Å²) in [4.78, 5) is 0. The van der Waals surface area contributed by atoms with Crippen LogP contribution < -0.4 is 4.74 Å². The first kappa shape index (κ1) is 11.1. The first-order chi connectivity index (χ1) is 8.22. The average molecular weight is 234 g/mol. The molecule has 0 radical (unpaired) electrons. The van der Waals surface area contributed by atoms with Crippen LogP contribution in [-0.4, -0.2) is 6.61 Å². The van der Waals surface area contributed by atoms with Gasteiger partial charge in [-0.3, -0.25) is 0 Å². The topological polar surface area (TPSA) is 9.23 Å². The molecule has 2 aliphatic rings. The van der Waals surface area contributed by atoms with Gasteiger partial charge in [-0.05, 0) is 55.6 Å². The average Bonchev–Trinajstić information content (AvgIpc) is 2.92. The Morgan fingerprint density at radius 2 is 2.18 bits per heavy atom.